The van der Waals surface area contributed by atoms with Gasteiger partial charge in [-0.15, -0.1) is 0 Å². The molecular weight excluding hydrogens is 362 g/mol. The highest BCUT2D eigenvalue weighted by Gasteiger charge is 2.24. The Balaban J connectivity index is 1.71. The van der Waals surface area contributed by atoms with Crippen LogP contribution in [0.15, 0.2) is 60.8 Å². The van der Waals surface area contributed by atoms with Gasteiger partial charge in [0.2, 0.25) is 0 Å². The molecule has 2 aromatic carbocycles. The van der Waals surface area contributed by atoms with Crippen LogP contribution in [0.1, 0.15) is 31.2 Å². The van der Waals surface area contributed by atoms with Gasteiger partial charge in [0, 0.05) is 36.5 Å². The average Bonchev–Trinajstić information content (AvgIpc) is 3.20. The number of methoxy groups -OCH3 is 1. The number of piperidine rings is 1. The van der Waals surface area contributed by atoms with Gasteiger partial charge < -0.3 is 9.84 Å². The van der Waals surface area contributed by atoms with E-state index in [0.717, 1.165) is 48.6 Å². The van der Waals surface area contributed by atoms with Crippen LogP contribution in [0.2, 0.25) is 0 Å². The lowest BCUT2D eigenvalue weighted by atomic mass is 9.98. The summed E-state index contributed by atoms with van der Waals surface area (Å²) in [6, 6.07) is 18.8. The predicted molar refractivity (Wildman–Crippen MR) is 115 cm³/mol. The highest BCUT2D eigenvalue weighted by molar-refractivity contribution is 5.65. The van der Waals surface area contributed by atoms with Gasteiger partial charge in [0.15, 0.2) is 0 Å². The summed E-state index contributed by atoms with van der Waals surface area (Å²) >= 11 is 0. The molecule has 0 saturated carbocycles. The number of aliphatic hydroxyl groups excluding tert-OH is 1. The van der Waals surface area contributed by atoms with Gasteiger partial charge in [-0.1, -0.05) is 36.8 Å². The summed E-state index contributed by atoms with van der Waals surface area (Å²) in [7, 11) is 1.69. The molecule has 1 aliphatic heterocycles. The van der Waals surface area contributed by atoms with Crippen LogP contribution in [0.4, 0.5) is 0 Å². The van der Waals surface area contributed by atoms with Crippen molar-refractivity contribution in [3.63, 3.8) is 0 Å². The third kappa shape index (κ3) is 4.52. The van der Waals surface area contributed by atoms with Crippen LogP contribution in [0.5, 0.6) is 5.75 Å². The predicted octanol–water partition coefficient (Wildman–Crippen LogP) is 4.28. The second-order valence-electron chi connectivity index (χ2n) is 7.65. The zero-order valence-electron chi connectivity index (χ0n) is 17.0. The number of ether oxygens (including phenoxy) is 1. The van der Waals surface area contributed by atoms with Crippen molar-refractivity contribution in [3.05, 3.63) is 66.4 Å². The summed E-state index contributed by atoms with van der Waals surface area (Å²) < 4.78 is 7.40. The first-order valence-corrected chi connectivity index (χ1v) is 10.4. The lowest BCUT2D eigenvalue weighted by molar-refractivity contribution is 0.112. The molecule has 152 valence electrons. The van der Waals surface area contributed by atoms with Crippen molar-refractivity contribution in [1.29, 1.82) is 0 Å². The molecule has 5 nitrogen and oxygen atoms in total. The first-order valence-electron chi connectivity index (χ1n) is 10.4. The van der Waals surface area contributed by atoms with Crippen LogP contribution >= 0.6 is 0 Å². The Morgan fingerprint density at radius 3 is 2.76 bits per heavy atom. The Hall–Kier alpha value is -2.63. The number of nitrogens with zero attached hydrogens (tertiary/aromatic N) is 3. The monoisotopic (exact) mass is 391 g/mol. The molecule has 1 unspecified atom stereocenters. The maximum atomic E-state index is 9.49. The van der Waals surface area contributed by atoms with Gasteiger partial charge in [0.1, 0.15) is 5.75 Å². The molecule has 1 atom stereocenters. The van der Waals surface area contributed by atoms with Crippen molar-refractivity contribution in [2.24, 2.45) is 0 Å². The maximum absolute atomic E-state index is 9.49. The van der Waals surface area contributed by atoms with Crippen molar-refractivity contribution < 1.29 is 9.84 Å². The van der Waals surface area contributed by atoms with Crippen molar-refractivity contribution in [1.82, 2.24) is 14.7 Å². The summed E-state index contributed by atoms with van der Waals surface area (Å²) in [5.41, 5.74) is 4.30. The second kappa shape index (κ2) is 9.25. The molecule has 4 rings (SSSR count). The first kappa shape index (κ1) is 19.7. The first-order chi connectivity index (χ1) is 14.3. The molecule has 0 spiro atoms. The van der Waals surface area contributed by atoms with Gasteiger partial charge in [-0.2, -0.15) is 5.10 Å². The minimum Gasteiger partial charge on any atom is -0.497 e. The smallest absolute Gasteiger partial charge is 0.119 e. The van der Waals surface area contributed by atoms with E-state index in [9.17, 15) is 5.11 Å². The molecule has 0 amide bonds. The molecular formula is C24H29N3O2. The topological polar surface area (TPSA) is 50.5 Å². The van der Waals surface area contributed by atoms with Gasteiger partial charge >= 0.3 is 0 Å². The van der Waals surface area contributed by atoms with E-state index < -0.39 is 0 Å². The Morgan fingerprint density at radius 2 is 1.97 bits per heavy atom. The van der Waals surface area contributed by atoms with Crippen molar-refractivity contribution in [2.75, 3.05) is 20.3 Å². The van der Waals surface area contributed by atoms with E-state index in [1.807, 2.05) is 41.1 Å². The average molecular weight is 392 g/mol. The third-order valence-electron chi connectivity index (χ3n) is 5.74. The number of para-hydroxylation sites is 1. The third-order valence-corrected chi connectivity index (χ3v) is 5.74. The number of rotatable bonds is 7. The standard InChI is InChI=1S/C24H29N3O2/c1-29-23-12-7-8-19(16-23)24-20(17-26-14-6-5-9-21(26)13-15-28)18-27(25-24)22-10-3-2-4-11-22/h2-4,7-8,10-12,16,18,21,28H,5-6,9,13-15,17H2,1H3. The molecule has 2 heterocycles. The van der Waals surface area contributed by atoms with E-state index in [2.05, 4.69) is 29.3 Å². The van der Waals surface area contributed by atoms with Crippen LogP contribution < -0.4 is 4.74 Å². The van der Waals surface area contributed by atoms with Crippen LogP contribution in [0.25, 0.3) is 16.9 Å². The van der Waals surface area contributed by atoms with Gasteiger partial charge in [-0.05, 0) is 50.1 Å². The van der Waals surface area contributed by atoms with E-state index in [-0.39, 0.29) is 6.61 Å². The number of benzene rings is 2. The number of aromatic nitrogens is 2. The van der Waals surface area contributed by atoms with Crippen LogP contribution in [0.3, 0.4) is 0 Å². The normalized spacial score (nSPS) is 17.4. The largest absolute Gasteiger partial charge is 0.497 e. The zero-order valence-corrected chi connectivity index (χ0v) is 17.0. The SMILES string of the molecule is COc1cccc(-c2nn(-c3ccccc3)cc2CN2CCCCC2CCO)c1. The van der Waals surface area contributed by atoms with Gasteiger partial charge in [-0.25, -0.2) is 4.68 Å². The highest BCUT2D eigenvalue weighted by Crippen LogP contribution is 2.30. The summed E-state index contributed by atoms with van der Waals surface area (Å²) in [4.78, 5) is 2.51. The molecule has 1 N–H and O–H groups in total. The van der Waals surface area contributed by atoms with E-state index in [1.54, 1.807) is 7.11 Å². The quantitative estimate of drug-likeness (QED) is 0.653. The molecule has 0 aliphatic carbocycles. The Bertz CT molecular complexity index is 921. The fourth-order valence-electron chi connectivity index (χ4n) is 4.21. The van der Waals surface area contributed by atoms with Crippen molar-refractivity contribution in [2.45, 2.75) is 38.3 Å². The van der Waals surface area contributed by atoms with Gasteiger partial charge in [-0.3, -0.25) is 4.90 Å². The highest BCUT2D eigenvalue weighted by atomic mass is 16.5. The summed E-state index contributed by atoms with van der Waals surface area (Å²) in [6.07, 6.45) is 6.59. The Labute approximate surface area is 172 Å². The minimum absolute atomic E-state index is 0.243. The van der Waals surface area contributed by atoms with Gasteiger partial charge in [0.05, 0.1) is 18.5 Å². The zero-order chi connectivity index (χ0) is 20.1. The summed E-state index contributed by atoms with van der Waals surface area (Å²) in [6.45, 7) is 2.15. The molecule has 1 aromatic heterocycles. The summed E-state index contributed by atoms with van der Waals surface area (Å²) in [5, 5.41) is 14.4. The van der Waals surface area contributed by atoms with Crippen molar-refractivity contribution >= 4 is 0 Å². The number of likely N-dealkylation sites (tertiary alicyclic amines) is 1. The maximum Gasteiger partial charge on any atom is 0.119 e. The molecule has 1 saturated heterocycles. The molecule has 1 aliphatic rings. The molecule has 0 bridgehead atoms. The molecule has 5 heteroatoms. The Morgan fingerprint density at radius 1 is 1.10 bits per heavy atom. The lowest BCUT2D eigenvalue weighted by Gasteiger charge is -2.35. The lowest BCUT2D eigenvalue weighted by Crippen LogP contribution is -2.39. The molecule has 29 heavy (non-hydrogen) atoms. The van der Waals surface area contributed by atoms with E-state index in [4.69, 9.17) is 9.84 Å². The number of hydrogen-bond acceptors (Lipinski definition) is 4. The van der Waals surface area contributed by atoms with E-state index in [0.29, 0.717) is 6.04 Å². The van der Waals surface area contributed by atoms with Crippen LogP contribution in [-0.4, -0.2) is 46.1 Å². The van der Waals surface area contributed by atoms with Gasteiger partial charge in [0.25, 0.3) is 0 Å². The second-order valence-corrected chi connectivity index (χ2v) is 7.65. The van der Waals surface area contributed by atoms with Crippen LogP contribution in [-0.2, 0) is 6.54 Å². The van der Waals surface area contributed by atoms with Crippen LogP contribution in [0, 0.1) is 0 Å². The Kier molecular flexibility index (Phi) is 6.27. The molecule has 3 aromatic rings. The van der Waals surface area contributed by atoms with E-state index >= 15 is 0 Å². The summed E-state index contributed by atoms with van der Waals surface area (Å²) in [5.74, 6) is 0.832. The van der Waals surface area contributed by atoms with Crippen molar-refractivity contribution in [3.8, 4) is 22.7 Å². The number of hydrogen-bond donors (Lipinski definition) is 1. The van der Waals surface area contributed by atoms with E-state index in [1.165, 1.54) is 18.4 Å². The number of aliphatic hydroxyl groups is 1. The minimum atomic E-state index is 0.243. The fourth-order valence-corrected chi connectivity index (χ4v) is 4.21. The molecule has 0 radical (unpaired) electrons. The molecule has 1 fully saturated rings. The fraction of sp³-hybridized carbons (Fsp3) is 0.375.